The van der Waals surface area contributed by atoms with E-state index in [9.17, 15) is 4.79 Å². The fourth-order valence-electron chi connectivity index (χ4n) is 4.30. The number of carbonyl (C=O) groups is 1. The molecule has 0 bridgehead atoms. The van der Waals surface area contributed by atoms with E-state index in [1.165, 1.54) is 43.2 Å². The Morgan fingerprint density at radius 3 is 2.79 bits per heavy atom. The van der Waals surface area contributed by atoms with Crippen molar-refractivity contribution in [1.29, 1.82) is 0 Å². The van der Waals surface area contributed by atoms with Gasteiger partial charge in [0.1, 0.15) is 0 Å². The summed E-state index contributed by atoms with van der Waals surface area (Å²) in [5.74, 6) is 2.01. The van der Waals surface area contributed by atoms with E-state index in [-0.39, 0.29) is 29.9 Å². The summed E-state index contributed by atoms with van der Waals surface area (Å²) in [6.45, 7) is 4.65. The van der Waals surface area contributed by atoms with Crippen molar-refractivity contribution >= 4 is 35.8 Å². The van der Waals surface area contributed by atoms with Gasteiger partial charge in [0.2, 0.25) is 5.91 Å². The molecule has 1 aromatic carbocycles. The van der Waals surface area contributed by atoms with Crippen molar-refractivity contribution in [2.45, 2.75) is 71.0 Å². The standard InChI is InChI=1S/C22H34N4O.HI/c1-3-17-7-5-10-20(14-17)25-22(23-2)24-15-18-8-4-9-19(13-18)16-26-12-6-11-21(26)27;/h4,8-9,13,17,20H,3,5-7,10-12,14-16H2,1-2H3,(H2,23,24,25);1H. The molecular formula is C22H35IN4O. The number of aliphatic imine (C=N–C) groups is 1. The zero-order chi connectivity index (χ0) is 19.1. The molecule has 2 aliphatic rings. The average Bonchev–Trinajstić information content (AvgIpc) is 3.10. The molecule has 5 nitrogen and oxygen atoms in total. The molecule has 1 aliphatic carbocycles. The van der Waals surface area contributed by atoms with Crippen LogP contribution in [0.25, 0.3) is 0 Å². The minimum Gasteiger partial charge on any atom is -0.354 e. The number of amides is 1. The SMILES string of the molecule is CCC1CCCC(NC(=NC)NCc2cccc(CN3CCCC3=O)c2)C1.I. The summed E-state index contributed by atoms with van der Waals surface area (Å²) in [6.07, 6.45) is 8.12. The van der Waals surface area contributed by atoms with Crippen LogP contribution in [0, 0.1) is 5.92 Å². The summed E-state index contributed by atoms with van der Waals surface area (Å²) in [5, 5.41) is 7.06. The molecule has 1 aromatic rings. The smallest absolute Gasteiger partial charge is 0.222 e. The van der Waals surface area contributed by atoms with Gasteiger partial charge >= 0.3 is 0 Å². The Labute approximate surface area is 186 Å². The molecule has 28 heavy (non-hydrogen) atoms. The van der Waals surface area contributed by atoms with Gasteiger partial charge < -0.3 is 15.5 Å². The van der Waals surface area contributed by atoms with E-state index >= 15 is 0 Å². The van der Waals surface area contributed by atoms with Crippen molar-refractivity contribution in [3.8, 4) is 0 Å². The third-order valence-electron chi connectivity index (χ3n) is 5.92. The number of carbonyl (C=O) groups excluding carboxylic acids is 1. The van der Waals surface area contributed by atoms with Crippen molar-refractivity contribution < 1.29 is 4.79 Å². The largest absolute Gasteiger partial charge is 0.354 e. The maximum atomic E-state index is 11.8. The van der Waals surface area contributed by atoms with Crippen molar-refractivity contribution in [1.82, 2.24) is 15.5 Å². The summed E-state index contributed by atoms with van der Waals surface area (Å²) in [6, 6.07) is 9.04. The van der Waals surface area contributed by atoms with E-state index in [2.05, 4.69) is 46.8 Å². The number of rotatable bonds is 6. The van der Waals surface area contributed by atoms with Crippen molar-refractivity contribution in [3.63, 3.8) is 0 Å². The lowest BCUT2D eigenvalue weighted by Crippen LogP contribution is -2.45. The quantitative estimate of drug-likeness (QED) is 0.354. The highest BCUT2D eigenvalue weighted by Gasteiger charge is 2.22. The molecule has 1 amide bonds. The highest BCUT2D eigenvalue weighted by atomic mass is 127. The molecule has 1 saturated carbocycles. The first kappa shape index (κ1) is 23.0. The van der Waals surface area contributed by atoms with Gasteiger partial charge in [-0.05, 0) is 36.3 Å². The Kier molecular flexibility index (Phi) is 9.55. The number of nitrogens with one attached hydrogen (secondary N) is 2. The molecule has 0 radical (unpaired) electrons. The third kappa shape index (κ3) is 6.64. The lowest BCUT2D eigenvalue weighted by molar-refractivity contribution is -0.128. The first-order chi connectivity index (χ1) is 13.2. The second kappa shape index (κ2) is 11.6. The monoisotopic (exact) mass is 498 g/mol. The summed E-state index contributed by atoms with van der Waals surface area (Å²) in [5.41, 5.74) is 2.42. The number of hydrogen-bond donors (Lipinski definition) is 2. The molecule has 2 unspecified atom stereocenters. The summed E-state index contributed by atoms with van der Waals surface area (Å²) in [4.78, 5) is 18.2. The predicted molar refractivity (Wildman–Crippen MR) is 126 cm³/mol. The maximum Gasteiger partial charge on any atom is 0.222 e. The molecule has 2 atom stereocenters. The molecule has 2 N–H and O–H groups in total. The zero-order valence-corrected chi connectivity index (χ0v) is 19.6. The van der Waals surface area contributed by atoms with Gasteiger partial charge in [0.05, 0.1) is 0 Å². The van der Waals surface area contributed by atoms with Gasteiger partial charge in [-0.25, -0.2) is 0 Å². The van der Waals surface area contributed by atoms with Gasteiger partial charge in [0.25, 0.3) is 0 Å². The van der Waals surface area contributed by atoms with Gasteiger partial charge in [-0.1, -0.05) is 50.5 Å². The molecule has 1 aliphatic heterocycles. The molecule has 1 heterocycles. The van der Waals surface area contributed by atoms with E-state index in [1.807, 2.05) is 11.9 Å². The molecule has 6 heteroatoms. The topological polar surface area (TPSA) is 56.7 Å². The summed E-state index contributed by atoms with van der Waals surface area (Å²) in [7, 11) is 1.84. The van der Waals surface area contributed by atoms with E-state index in [1.54, 1.807) is 0 Å². The summed E-state index contributed by atoms with van der Waals surface area (Å²) < 4.78 is 0. The molecular weight excluding hydrogens is 463 g/mol. The van der Waals surface area contributed by atoms with Gasteiger partial charge in [-0.15, -0.1) is 24.0 Å². The van der Waals surface area contributed by atoms with Crippen LogP contribution < -0.4 is 10.6 Å². The zero-order valence-electron chi connectivity index (χ0n) is 17.2. The maximum absolute atomic E-state index is 11.8. The van der Waals surface area contributed by atoms with E-state index < -0.39 is 0 Å². The van der Waals surface area contributed by atoms with Crippen LogP contribution in [0.2, 0.25) is 0 Å². The normalized spacial score (nSPS) is 22.7. The number of halogens is 1. The molecule has 1 saturated heterocycles. The second-order valence-corrected chi connectivity index (χ2v) is 7.95. The van der Waals surface area contributed by atoms with Gasteiger partial charge in [0.15, 0.2) is 5.96 Å². The van der Waals surface area contributed by atoms with E-state index in [4.69, 9.17) is 0 Å². The van der Waals surface area contributed by atoms with Crippen LogP contribution in [-0.2, 0) is 17.9 Å². The van der Waals surface area contributed by atoms with E-state index in [0.717, 1.165) is 37.9 Å². The van der Waals surface area contributed by atoms with Gasteiger partial charge in [0, 0.05) is 39.1 Å². The fourth-order valence-corrected chi connectivity index (χ4v) is 4.30. The first-order valence-electron chi connectivity index (χ1n) is 10.5. The lowest BCUT2D eigenvalue weighted by Gasteiger charge is -2.30. The van der Waals surface area contributed by atoms with Crippen molar-refractivity contribution in [3.05, 3.63) is 35.4 Å². The Bertz CT molecular complexity index is 664. The Hall–Kier alpha value is -1.31. The average molecular weight is 498 g/mol. The summed E-state index contributed by atoms with van der Waals surface area (Å²) >= 11 is 0. The number of guanidine groups is 1. The van der Waals surface area contributed by atoms with Crippen LogP contribution in [0.1, 0.15) is 63.0 Å². The minimum atomic E-state index is 0. The number of hydrogen-bond acceptors (Lipinski definition) is 2. The van der Waals surface area contributed by atoms with Crippen molar-refractivity contribution in [2.24, 2.45) is 10.9 Å². The minimum absolute atomic E-state index is 0. The fraction of sp³-hybridized carbons (Fsp3) is 0.636. The van der Waals surface area contributed by atoms with Crippen LogP contribution in [0.15, 0.2) is 29.3 Å². The molecule has 3 rings (SSSR count). The van der Waals surface area contributed by atoms with Crippen LogP contribution in [0.4, 0.5) is 0 Å². The van der Waals surface area contributed by atoms with Crippen molar-refractivity contribution in [2.75, 3.05) is 13.6 Å². The van der Waals surface area contributed by atoms with Crippen LogP contribution in [0.5, 0.6) is 0 Å². The van der Waals surface area contributed by atoms with Crippen LogP contribution in [-0.4, -0.2) is 36.4 Å². The van der Waals surface area contributed by atoms with Crippen LogP contribution in [0.3, 0.4) is 0 Å². The van der Waals surface area contributed by atoms with E-state index in [0.29, 0.717) is 12.5 Å². The second-order valence-electron chi connectivity index (χ2n) is 7.95. The Balaban J connectivity index is 0.00000280. The Morgan fingerprint density at radius 2 is 2.07 bits per heavy atom. The number of benzene rings is 1. The van der Waals surface area contributed by atoms with Gasteiger partial charge in [-0.2, -0.15) is 0 Å². The molecule has 0 spiro atoms. The third-order valence-corrected chi connectivity index (χ3v) is 5.92. The molecule has 0 aromatic heterocycles. The highest BCUT2D eigenvalue weighted by molar-refractivity contribution is 14.0. The number of nitrogens with zero attached hydrogens (tertiary/aromatic N) is 2. The molecule has 2 fully saturated rings. The number of likely N-dealkylation sites (tertiary alicyclic amines) is 1. The van der Waals surface area contributed by atoms with Crippen LogP contribution >= 0.6 is 24.0 Å². The van der Waals surface area contributed by atoms with Gasteiger partial charge in [-0.3, -0.25) is 9.79 Å². The predicted octanol–water partition coefficient (Wildman–Crippen LogP) is 4.06. The molecule has 156 valence electrons. The first-order valence-corrected chi connectivity index (χ1v) is 10.5. The highest BCUT2D eigenvalue weighted by Crippen LogP contribution is 2.26. The lowest BCUT2D eigenvalue weighted by atomic mass is 9.84. The Morgan fingerprint density at radius 1 is 1.25 bits per heavy atom.